The molecule has 0 saturated heterocycles. The van der Waals surface area contributed by atoms with Crippen molar-refractivity contribution in [2.45, 2.75) is 39.7 Å². The van der Waals surface area contributed by atoms with Crippen LogP contribution in [0.3, 0.4) is 0 Å². The van der Waals surface area contributed by atoms with Crippen LogP contribution in [0.1, 0.15) is 37.8 Å². The number of hydrogen-bond donors (Lipinski definition) is 2. The predicted molar refractivity (Wildman–Crippen MR) is 67.9 cm³/mol. The molecule has 3 nitrogen and oxygen atoms in total. The molecular weight excluding hydrogens is 200 g/mol. The lowest BCUT2D eigenvalue weighted by molar-refractivity contribution is 0.470. The molecule has 1 aromatic rings. The summed E-state index contributed by atoms with van der Waals surface area (Å²) in [7, 11) is 0. The lowest BCUT2D eigenvalue weighted by atomic mass is 10.1. The molecular formula is C13H20N2O. The first-order chi connectivity index (χ1) is 7.68. The van der Waals surface area contributed by atoms with E-state index in [1.807, 2.05) is 32.9 Å². The summed E-state index contributed by atoms with van der Waals surface area (Å²) >= 11 is 0. The van der Waals surface area contributed by atoms with Crippen molar-refractivity contribution in [3.05, 3.63) is 29.3 Å². The van der Waals surface area contributed by atoms with Gasteiger partial charge in [0.2, 0.25) is 0 Å². The number of nitrogens with zero attached hydrogens (tertiary/aromatic N) is 1. The number of phenols is 1. The SMILES string of the molecule is CC.Cc1cccc(C(N)=NC2CC2)c1O. The number of para-hydroxylation sites is 1. The van der Waals surface area contributed by atoms with E-state index in [0.717, 1.165) is 18.4 Å². The van der Waals surface area contributed by atoms with Crippen LogP contribution in [-0.2, 0) is 0 Å². The van der Waals surface area contributed by atoms with Gasteiger partial charge in [-0.25, -0.2) is 0 Å². The molecule has 3 N–H and O–H groups in total. The van der Waals surface area contributed by atoms with Crippen LogP contribution < -0.4 is 5.73 Å². The van der Waals surface area contributed by atoms with E-state index in [2.05, 4.69) is 4.99 Å². The minimum absolute atomic E-state index is 0.245. The molecule has 1 saturated carbocycles. The molecule has 2 rings (SSSR count). The van der Waals surface area contributed by atoms with Crippen molar-refractivity contribution in [1.82, 2.24) is 0 Å². The van der Waals surface area contributed by atoms with Gasteiger partial charge in [0.15, 0.2) is 0 Å². The fourth-order valence-corrected chi connectivity index (χ4v) is 1.34. The van der Waals surface area contributed by atoms with Crippen LogP contribution >= 0.6 is 0 Å². The maximum Gasteiger partial charge on any atom is 0.129 e. The highest BCUT2D eigenvalue weighted by atomic mass is 16.3. The zero-order valence-electron chi connectivity index (χ0n) is 10.2. The molecule has 1 aliphatic carbocycles. The molecule has 0 spiro atoms. The highest BCUT2D eigenvalue weighted by Gasteiger charge is 2.21. The number of amidine groups is 1. The summed E-state index contributed by atoms with van der Waals surface area (Å²) in [5.41, 5.74) is 7.28. The normalized spacial score (nSPS) is 15.3. The largest absolute Gasteiger partial charge is 0.507 e. The quantitative estimate of drug-likeness (QED) is 0.594. The lowest BCUT2D eigenvalue weighted by Crippen LogP contribution is -2.14. The molecule has 0 heterocycles. The van der Waals surface area contributed by atoms with Gasteiger partial charge in [0.05, 0.1) is 11.6 Å². The zero-order valence-corrected chi connectivity index (χ0v) is 10.2. The van der Waals surface area contributed by atoms with Gasteiger partial charge in [-0.3, -0.25) is 4.99 Å². The Kier molecular flexibility index (Phi) is 4.35. The molecule has 0 radical (unpaired) electrons. The van der Waals surface area contributed by atoms with Gasteiger partial charge in [0.25, 0.3) is 0 Å². The van der Waals surface area contributed by atoms with Crippen molar-refractivity contribution in [3.63, 3.8) is 0 Å². The number of hydrogen-bond acceptors (Lipinski definition) is 2. The summed E-state index contributed by atoms with van der Waals surface area (Å²) in [6, 6.07) is 5.90. The number of aryl methyl sites for hydroxylation is 1. The van der Waals surface area contributed by atoms with Crippen LogP contribution in [0.2, 0.25) is 0 Å². The number of rotatable bonds is 2. The Balaban J connectivity index is 0.000000606. The fraction of sp³-hybridized carbons (Fsp3) is 0.462. The Labute approximate surface area is 97.0 Å². The second-order valence-corrected chi connectivity index (χ2v) is 3.72. The summed E-state index contributed by atoms with van der Waals surface area (Å²) in [6.07, 6.45) is 2.24. The van der Waals surface area contributed by atoms with E-state index >= 15 is 0 Å². The van der Waals surface area contributed by atoms with Gasteiger partial charge in [-0.2, -0.15) is 0 Å². The first-order valence-corrected chi connectivity index (χ1v) is 5.80. The van der Waals surface area contributed by atoms with E-state index in [9.17, 15) is 5.11 Å². The molecule has 88 valence electrons. The van der Waals surface area contributed by atoms with Crippen LogP contribution in [0, 0.1) is 6.92 Å². The van der Waals surface area contributed by atoms with Gasteiger partial charge in [-0.15, -0.1) is 0 Å². The number of benzene rings is 1. The Hall–Kier alpha value is -1.51. The van der Waals surface area contributed by atoms with Crippen molar-refractivity contribution < 1.29 is 5.11 Å². The van der Waals surface area contributed by atoms with Crippen LogP contribution in [0.25, 0.3) is 0 Å². The maximum atomic E-state index is 9.74. The highest BCUT2D eigenvalue weighted by molar-refractivity contribution is 6.00. The van der Waals surface area contributed by atoms with Crippen LogP contribution in [-0.4, -0.2) is 17.0 Å². The molecule has 0 aromatic heterocycles. The van der Waals surface area contributed by atoms with Crippen molar-refractivity contribution in [3.8, 4) is 5.75 Å². The van der Waals surface area contributed by atoms with E-state index < -0.39 is 0 Å². The number of nitrogens with two attached hydrogens (primary N) is 1. The van der Waals surface area contributed by atoms with Gasteiger partial charge in [-0.1, -0.05) is 26.0 Å². The van der Waals surface area contributed by atoms with Crippen molar-refractivity contribution in [2.24, 2.45) is 10.7 Å². The van der Waals surface area contributed by atoms with Gasteiger partial charge in [0, 0.05) is 0 Å². The van der Waals surface area contributed by atoms with Gasteiger partial charge in [0.1, 0.15) is 11.6 Å². The van der Waals surface area contributed by atoms with E-state index in [-0.39, 0.29) is 5.75 Å². The molecule has 1 fully saturated rings. The minimum Gasteiger partial charge on any atom is -0.507 e. The third-order valence-electron chi connectivity index (χ3n) is 2.38. The number of aliphatic imine (C=N–C) groups is 1. The average molecular weight is 220 g/mol. The number of aromatic hydroxyl groups is 1. The van der Waals surface area contributed by atoms with E-state index in [1.54, 1.807) is 6.07 Å². The molecule has 0 unspecified atom stereocenters. The van der Waals surface area contributed by atoms with Crippen LogP contribution in [0.5, 0.6) is 5.75 Å². The Morgan fingerprint density at radius 3 is 2.56 bits per heavy atom. The number of phenolic OH excluding ortho intramolecular Hbond substituents is 1. The third-order valence-corrected chi connectivity index (χ3v) is 2.38. The van der Waals surface area contributed by atoms with E-state index in [1.165, 1.54) is 0 Å². The molecule has 1 aromatic carbocycles. The predicted octanol–water partition coefficient (Wildman–Crippen LogP) is 2.59. The summed E-state index contributed by atoms with van der Waals surface area (Å²) in [5, 5.41) is 9.74. The molecule has 0 amide bonds. The van der Waals surface area contributed by atoms with E-state index in [4.69, 9.17) is 5.73 Å². The Bertz CT molecular complexity index is 382. The van der Waals surface area contributed by atoms with Crippen molar-refractivity contribution in [1.29, 1.82) is 0 Å². The Morgan fingerprint density at radius 1 is 1.38 bits per heavy atom. The first-order valence-electron chi connectivity index (χ1n) is 5.80. The zero-order chi connectivity index (χ0) is 12.1. The second kappa shape index (κ2) is 5.54. The lowest BCUT2D eigenvalue weighted by Gasteiger charge is -2.05. The van der Waals surface area contributed by atoms with Crippen LogP contribution in [0.4, 0.5) is 0 Å². The molecule has 1 aliphatic rings. The average Bonchev–Trinajstić information content (AvgIpc) is 3.09. The fourth-order valence-electron chi connectivity index (χ4n) is 1.34. The summed E-state index contributed by atoms with van der Waals surface area (Å²) < 4.78 is 0. The first kappa shape index (κ1) is 12.6. The molecule has 16 heavy (non-hydrogen) atoms. The van der Waals surface area contributed by atoms with Gasteiger partial charge >= 0.3 is 0 Å². The minimum atomic E-state index is 0.245. The maximum absolute atomic E-state index is 9.74. The van der Waals surface area contributed by atoms with Crippen molar-refractivity contribution >= 4 is 5.84 Å². The summed E-state index contributed by atoms with van der Waals surface area (Å²) in [5.74, 6) is 0.697. The highest BCUT2D eigenvalue weighted by Crippen LogP contribution is 2.26. The third kappa shape index (κ3) is 2.99. The summed E-state index contributed by atoms with van der Waals surface area (Å²) in [6.45, 7) is 5.85. The topological polar surface area (TPSA) is 58.6 Å². The Morgan fingerprint density at radius 2 is 2.00 bits per heavy atom. The van der Waals surface area contributed by atoms with Crippen molar-refractivity contribution in [2.75, 3.05) is 0 Å². The standard InChI is InChI=1S/C11H14N2O.C2H6/c1-7-3-2-4-9(10(7)14)11(12)13-8-5-6-8;1-2/h2-4,8,14H,5-6H2,1H3,(H2,12,13);1-2H3. The monoisotopic (exact) mass is 220 g/mol. The van der Waals surface area contributed by atoms with E-state index in [0.29, 0.717) is 17.4 Å². The molecule has 0 atom stereocenters. The molecule has 0 aliphatic heterocycles. The van der Waals surface area contributed by atoms with Gasteiger partial charge in [-0.05, 0) is 31.4 Å². The second-order valence-electron chi connectivity index (χ2n) is 3.72. The van der Waals surface area contributed by atoms with Gasteiger partial charge < -0.3 is 10.8 Å². The molecule has 0 bridgehead atoms. The smallest absolute Gasteiger partial charge is 0.129 e. The molecule has 3 heteroatoms. The summed E-state index contributed by atoms with van der Waals surface area (Å²) in [4.78, 5) is 4.30. The van der Waals surface area contributed by atoms with Crippen LogP contribution in [0.15, 0.2) is 23.2 Å².